The molecular weight excluding hydrogens is 307 g/mol. The first kappa shape index (κ1) is 16.4. The molecule has 116 valence electrons. The second kappa shape index (κ2) is 7.33. The molecule has 4 nitrogen and oxygen atoms in total. The van der Waals surface area contributed by atoms with Crippen molar-refractivity contribution in [2.75, 3.05) is 7.11 Å². The number of carbonyl (C=O) groups excluding carboxylic acids is 1. The van der Waals surface area contributed by atoms with Gasteiger partial charge in [0.1, 0.15) is 17.1 Å². The quantitative estimate of drug-likeness (QED) is 0.859. The van der Waals surface area contributed by atoms with Crippen LogP contribution in [0.4, 0.5) is 4.39 Å². The fourth-order valence-electron chi connectivity index (χ4n) is 2.20. The Labute approximate surface area is 133 Å². The van der Waals surface area contributed by atoms with Crippen LogP contribution in [0.15, 0.2) is 42.6 Å². The molecule has 1 heterocycles. The summed E-state index contributed by atoms with van der Waals surface area (Å²) in [6.07, 6.45) is 1.11. The average Bonchev–Trinajstić information content (AvgIpc) is 2.50. The van der Waals surface area contributed by atoms with Crippen LogP contribution in [0.2, 0.25) is 5.15 Å². The largest absolute Gasteiger partial charge is 0.375 e. The molecule has 0 radical (unpaired) electrons. The van der Waals surface area contributed by atoms with Gasteiger partial charge in [-0.15, -0.1) is 0 Å². The molecule has 1 amide bonds. The van der Waals surface area contributed by atoms with Gasteiger partial charge in [0, 0.05) is 13.3 Å². The molecule has 1 aromatic heterocycles. The number of hydrogen-bond donors (Lipinski definition) is 1. The minimum Gasteiger partial charge on any atom is -0.375 e. The van der Waals surface area contributed by atoms with Gasteiger partial charge in [0.25, 0.3) is 5.91 Å². The van der Waals surface area contributed by atoms with Gasteiger partial charge in [-0.25, -0.2) is 9.37 Å². The smallest absolute Gasteiger partial charge is 0.254 e. The minimum absolute atomic E-state index is 0.142. The molecule has 0 unspecified atom stereocenters. The Kier molecular flexibility index (Phi) is 5.46. The van der Waals surface area contributed by atoms with Crippen LogP contribution in [0.3, 0.4) is 0 Å². The van der Waals surface area contributed by atoms with Gasteiger partial charge in [0.05, 0.1) is 11.6 Å². The second-order valence-electron chi connectivity index (χ2n) is 4.81. The predicted molar refractivity (Wildman–Crippen MR) is 82.3 cm³/mol. The number of carbonyl (C=O) groups is 1. The Balaban J connectivity index is 2.12. The molecule has 0 aliphatic heterocycles. The Morgan fingerprint density at radius 1 is 1.32 bits per heavy atom. The van der Waals surface area contributed by atoms with Crippen molar-refractivity contribution in [2.45, 2.75) is 19.1 Å². The first-order valence-electron chi connectivity index (χ1n) is 6.72. The maximum absolute atomic E-state index is 13.0. The normalized spacial score (nSPS) is 13.5. The molecule has 0 saturated carbocycles. The minimum atomic E-state index is -0.403. The Bertz CT molecular complexity index is 649. The van der Waals surface area contributed by atoms with Crippen molar-refractivity contribution in [2.24, 2.45) is 0 Å². The highest BCUT2D eigenvalue weighted by molar-refractivity contribution is 6.32. The van der Waals surface area contributed by atoms with Crippen molar-refractivity contribution < 1.29 is 13.9 Å². The van der Waals surface area contributed by atoms with Crippen LogP contribution >= 0.6 is 11.6 Å². The third kappa shape index (κ3) is 3.81. The summed E-state index contributed by atoms with van der Waals surface area (Å²) in [5, 5.41) is 2.96. The zero-order valence-electron chi connectivity index (χ0n) is 12.2. The SMILES string of the molecule is CO[C@@H](c1ccc(F)cc1)[C@H](C)NC(=O)c1cccnc1Cl. The fraction of sp³-hybridized carbons (Fsp3) is 0.250. The van der Waals surface area contributed by atoms with E-state index in [1.165, 1.54) is 25.4 Å². The van der Waals surface area contributed by atoms with E-state index in [2.05, 4.69) is 10.3 Å². The number of aromatic nitrogens is 1. The first-order chi connectivity index (χ1) is 10.5. The molecule has 0 spiro atoms. The number of nitrogens with one attached hydrogen (secondary N) is 1. The summed E-state index contributed by atoms with van der Waals surface area (Å²) >= 11 is 5.91. The van der Waals surface area contributed by atoms with E-state index in [4.69, 9.17) is 16.3 Å². The molecule has 2 aromatic rings. The second-order valence-corrected chi connectivity index (χ2v) is 5.17. The summed E-state index contributed by atoms with van der Waals surface area (Å²) < 4.78 is 18.4. The van der Waals surface area contributed by atoms with Gasteiger partial charge < -0.3 is 10.1 Å². The van der Waals surface area contributed by atoms with Crippen LogP contribution < -0.4 is 5.32 Å². The summed E-state index contributed by atoms with van der Waals surface area (Å²) in [7, 11) is 1.54. The van der Waals surface area contributed by atoms with Crippen molar-refractivity contribution in [3.05, 3.63) is 64.7 Å². The van der Waals surface area contributed by atoms with E-state index in [9.17, 15) is 9.18 Å². The third-order valence-electron chi connectivity index (χ3n) is 3.27. The Hall–Kier alpha value is -1.98. The molecule has 0 bridgehead atoms. The van der Waals surface area contributed by atoms with E-state index < -0.39 is 6.10 Å². The van der Waals surface area contributed by atoms with Crippen LogP contribution in [0.5, 0.6) is 0 Å². The monoisotopic (exact) mass is 322 g/mol. The van der Waals surface area contributed by atoms with Crippen LogP contribution in [0.25, 0.3) is 0 Å². The third-order valence-corrected chi connectivity index (χ3v) is 3.57. The highest BCUT2D eigenvalue weighted by atomic mass is 35.5. The number of methoxy groups -OCH3 is 1. The number of amides is 1. The van der Waals surface area contributed by atoms with E-state index in [1.807, 2.05) is 0 Å². The van der Waals surface area contributed by atoms with Gasteiger partial charge in [0.2, 0.25) is 0 Å². The number of benzene rings is 1. The van der Waals surface area contributed by atoms with Crippen molar-refractivity contribution in [1.29, 1.82) is 0 Å². The molecule has 0 aliphatic carbocycles. The van der Waals surface area contributed by atoms with Gasteiger partial charge >= 0.3 is 0 Å². The average molecular weight is 323 g/mol. The van der Waals surface area contributed by atoms with Crippen molar-refractivity contribution in [3.8, 4) is 0 Å². The van der Waals surface area contributed by atoms with Gasteiger partial charge in [-0.05, 0) is 36.8 Å². The maximum atomic E-state index is 13.0. The van der Waals surface area contributed by atoms with Crippen LogP contribution in [0.1, 0.15) is 28.9 Å². The highest BCUT2D eigenvalue weighted by Crippen LogP contribution is 2.21. The molecule has 0 aliphatic rings. The lowest BCUT2D eigenvalue weighted by molar-refractivity contribution is 0.0644. The Morgan fingerprint density at radius 3 is 2.59 bits per heavy atom. The summed E-state index contributed by atoms with van der Waals surface area (Å²) in [5.41, 5.74) is 1.07. The highest BCUT2D eigenvalue weighted by Gasteiger charge is 2.22. The molecule has 6 heteroatoms. The summed E-state index contributed by atoms with van der Waals surface area (Å²) in [5.74, 6) is -0.660. The van der Waals surface area contributed by atoms with E-state index in [0.717, 1.165) is 5.56 Å². The molecule has 0 saturated heterocycles. The fourth-order valence-corrected chi connectivity index (χ4v) is 2.40. The number of halogens is 2. The van der Waals surface area contributed by atoms with Gasteiger partial charge in [-0.3, -0.25) is 4.79 Å². The van der Waals surface area contributed by atoms with Gasteiger partial charge in [0.15, 0.2) is 0 Å². The van der Waals surface area contributed by atoms with E-state index in [-0.39, 0.29) is 22.9 Å². The van der Waals surface area contributed by atoms with E-state index in [1.54, 1.807) is 31.2 Å². The lowest BCUT2D eigenvalue weighted by Crippen LogP contribution is -2.38. The number of hydrogen-bond acceptors (Lipinski definition) is 3. The van der Waals surface area contributed by atoms with Gasteiger partial charge in [-0.1, -0.05) is 23.7 Å². The van der Waals surface area contributed by atoms with Crippen LogP contribution in [0, 0.1) is 5.82 Å². The number of nitrogens with zero attached hydrogens (tertiary/aromatic N) is 1. The molecule has 1 N–H and O–H groups in total. The predicted octanol–water partition coefficient (Wildman–Crippen LogP) is 3.38. The number of pyridine rings is 1. The van der Waals surface area contributed by atoms with Gasteiger partial charge in [-0.2, -0.15) is 0 Å². The first-order valence-corrected chi connectivity index (χ1v) is 7.10. The number of rotatable bonds is 5. The van der Waals surface area contributed by atoms with Crippen molar-refractivity contribution >= 4 is 17.5 Å². The molecular formula is C16H16ClFN2O2. The lowest BCUT2D eigenvalue weighted by Gasteiger charge is -2.24. The molecule has 1 aromatic carbocycles. The van der Waals surface area contributed by atoms with E-state index >= 15 is 0 Å². The topological polar surface area (TPSA) is 51.2 Å². The van der Waals surface area contributed by atoms with Crippen molar-refractivity contribution in [1.82, 2.24) is 10.3 Å². The van der Waals surface area contributed by atoms with Crippen molar-refractivity contribution in [3.63, 3.8) is 0 Å². The van der Waals surface area contributed by atoms with Crippen LogP contribution in [-0.4, -0.2) is 24.0 Å². The zero-order chi connectivity index (χ0) is 16.1. The maximum Gasteiger partial charge on any atom is 0.254 e. The van der Waals surface area contributed by atoms with Crippen LogP contribution in [-0.2, 0) is 4.74 Å². The number of ether oxygens (including phenoxy) is 1. The molecule has 2 atom stereocenters. The Morgan fingerprint density at radius 2 is 2.00 bits per heavy atom. The summed E-state index contributed by atoms with van der Waals surface area (Å²) in [4.78, 5) is 16.1. The lowest BCUT2D eigenvalue weighted by atomic mass is 10.0. The van der Waals surface area contributed by atoms with E-state index in [0.29, 0.717) is 5.56 Å². The molecule has 2 rings (SSSR count). The standard InChI is InChI=1S/C16H16ClFN2O2/c1-10(14(22-2)11-5-7-12(18)8-6-11)20-16(21)13-4-3-9-19-15(13)17/h3-10,14H,1-2H3,(H,20,21)/t10-,14+/m0/s1. The molecule has 22 heavy (non-hydrogen) atoms. The summed E-state index contributed by atoms with van der Waals surface area (Å²) in [6.45, 7) is 1.81. The zero-order valence-corrected chi connectivity index (χ0v) is 13.0. The summed E-state index contributed by atoms with van der Waals surface area (Å²) in [6, 6.07) is 8.86. The molecule has 0 fully saturated rings.